The van der Waals surface area contributed by atoms with Crippen molar-refractivity contribution >= 4 is 39.9 Å². The molecule has 1 heterocycles. The SMILES string of the molecule is COC(=O)c1nc(NC(=O)C2(C(=O)Nc3c(F)cccc3F)CC2)sc1C(C)C. The van der Waals surface area contributed by atoms with Crippen LogP contribution in [0.3, 0.4) is 0 Å². The molecular formula is C19H19F2N3O4S. The van der Waals surface area contributed by atoms with Crippen LogP contribution in [0.4, 0.5) is 19.6 Å². The number of nitrogens with zero attached hydrogens (tertiary/aromatic N) is 1. The van der Waals surface area contributed by atoms with Gasteiger partial charge in [0.05, 0.1) is 7.11 Å². The number of amides is 2. The molecule has 0 unspecified atom stereocenters. The highest BCUT2D eigenvalue weighted by Crippen LogP contribution is 2.48. The van der Waals surface area contributed by atoms with Crippen molar-refractivity contribution in [1.82, 2.24) is 4.98 Å². The number of ether oxygens (including phenoxy) is 1. The zero-order valence-electron chi connectivity index (χ0n) is 16.0. The number of aromatic nitrogens is 1. The van der Waals surface area contributed by atoms with E-state index in [2.05, 4.69) is 15.6 Å². The number of benzene rings is 1. The Bertz CT molecular complexity index is 966. The van der Waals surface area contributed by atoms with Gasteiger partial charge in [0.2, 0.25) is 11.8 Å². The first-order valence-electron chi connectivity index (χ1n) is 8.85. The number of hydrogen-bond acceptors (Lipinski definition) is 6. The Morgan fingerprint density at radius 1 is 1.14 bits per heavy atom. The van der Waals surface area contributed by atoms with Crippen LogP contribution in [-0.2, 0) is 14.3 Å². The number of hydrogen-bond donors (Lipinski definition) is 2. The van der Waals surface area contributed by atoms with E-state index in [0.29, 0.717) is 4.88 Å². The van der Waals surface area contributed by atoms with Gasteiger partial charge < -0.3 is 15.4 Å². The van der Waals surface area contributed by atoms with Crippen LogP contribution in [0.2, 0.25) is 0 Å². The molecule has 7 nitrogen and oxygen atoms in total. The topological polar surface area (TPSA) is 97.4 Å². The highest BCUT2D eigenvalue weighted by molar-refractivity contribution is 7.16. The van der Waals surface area contributed by atoms with Crippen molar-refractivity contribution in [2.24, 2.45) is 5.41 Å². The number of esters is 1. The van der Waals surface area contributed by atoms with Gasteiger partial charge in [-0.05, 0) is 30.9 Å². The van der Waals surface area contributed by atoms with E-state index in [1.807, 2.05) is 13.8 Å². The van der Waals surface area contributed by atoms with Gasteiger partial charge in [0.25, 0.3) is 0 Å². The van der Waals surface area contributed by atoms with Gasteiger partial charge in [0.15, 0.2) is 10.8 Å². The molecule has 2 aromatic rings. The highest BCUT2D eigenvalue weighted by atomic mass is 32.1. The number of nitrogens with one attached hydrogen (secondary N) is 2. The lowest BCUT2D eigenvalue weighted by molar-refractivity contribution is -0.131. The maximum atomic E-state index is 13.8. The predicted molar refractivity (Wildman–Crippen MR) is 103 cm³/mol. The molecule has 3 rings (SSSR count). The third-order valence-corrected chi connectivity index (χ3v) is 5.87. The molecule has 1 aromatic heterocycles. The minimum absolute atomic E-state index is 0.0329. The molecule has 0 saturated heterocycles. The Kier molecular flexibility index (Phi) is 5.65. The van der Waals surface area contributed by atoms with E-state index >= 15 is 0 Å². The standard InChI is InChI=1S/C19H19F2N3O4S/c1-9(2)14-13(15(25)28-3)23-18(29-14)24-17(27)19(7-8-19)16(26)22-12-10(20)5-4-6-11(12)21/h4-6,9H,7-8H2,1-3H3,(H,22,26)(H,23,24,27). The summed E-state index contributed by atoms with van der Waals surface area (Å²) in [6, 6.07) is 3.19. The molecule has 0 bridgehead atoms. The Morgan fingerprint density at radius 3 is 2.24 bits per heavy atom. The predicted octanol–water partition coefficient (Wildman–Crippen LogP) is 3.69. The smallest absolute Gasteiger partial charge is 0.357 e. The fourth-order valence-electron chi connectivity index (χ4n) is 2.77. The average Bonchev–Trinajstić information content (AvgIpc) is 3.39. The monoisotopic (exact) mass is 423 g/mol. The molecule has 1 aromatic carbocycles. The molecule has 2 N–H and O–H groups in total. The Labute approximate surface area is 169 Å². The first kappa shape index (κ1) is 20.8. The average molecular weight is 423 g/mol. The van der Waals surface area contributed by atoms with Gasteiger partial charge in [-0.25, -0.2) is 18.6 Å². The molecule has 0 atom stereocenters. The van der Waals surface area contributed by atoms with Crippen LogP contribution in [0.5, 0.6) is 0 Å². The minimum atomic E-state index is -1.44. The van der Waals surface area contributed by atoms with E-state index in [-0.39, 0.29) is 29.6 Å². The van der Waals surface area contributed by atoms with Gasteiger partial charge in [-0.15, -0.1) is 11.3 Å². The second kappa shape index (κ2) is 7.86. The van der Waals surface area contributed by atoms with E-state index < -0.39 is 40.5 Å². The largest absolute Gasteiger partial charge is 0.464 e. The summed E-state index contributed by atoms with van der Waals surface area (Å²) in [7, 11) is 1.23. The van der Waals surface area contributed by atoms with Gasteiger partial charge in [0.1, 0.15) is 22.7 Å². The first-order chi connectivity index (χ1) is 13.7. The maximum Gasteiger partial charge on any atom is 0.357 e. The molecule has 2 amide bonds. The summed E-state index contributed by atoms with van der Waals surface area (Å²) in [5.41, 5.74) is -1.93. The summed E-state index contributed by atoms with van der Waals surface area (Å²) in [5, 5.41) is 4.87. The van der Waals surface area contributed by atoms with Gasteiger partial charge in [-0.3, -0.25) is 9.59 Å². The van der Waals surface area contributed by atoms with Crippen LogP contribution in [0, 0.1) is 17.0 Å². The molecule has 1 saturated carbocycles. The molecule has 0 spiro atoms. The summed E-state index contributed by atoms with van der Waals surface area (Å²) < 4.78 is 32.3. The van der Waals surface area contributed by atoms with Crippen LogP contribution in [0.1, 0.15) is 48.0 Å². The summed E-state index contributed by atoms with van der Waals surface area (Å²) in [6.07, 6.45) is 0.458. The van der Waals surface area contributed by atoms with Crippen molar-refractivity contribution in [3.8, 4) is 0 Å². The van der Waals surface area contributed by atoms with E-state index in [0.717, 1.165) is 23.5 Å². The highest BCUT2D eigenvalue weighted by Gasteiger charge is 2.57. The van der Waals surface area contributed by atoms with Crippen LogP contribution < -0.4 is 10.6 Å². The van der Waals surface area contributed by atoms with Gasteiger partial charge in [-0.1, -0.05) is 19.9 Å². The zero-order valence-corrected chi connectivity index (χ0v) is 16.8. The van der Waals surface area contributed by atoms with Crippen molar-refractivity contribution in [2.45, 2.75) is 32.6 Å². The number of halogens is 2. The molecular weight excluding hydrogens is 404 g/mol. The van der Waals surface area contributed by atoms with Crippen molar-refractivity contribution in [3.05, 3.63) is 40.4 Å². The summed E-state index contributed by atoms with van der Waals surface area (Å²) in [4.78, 5) is 41.9. The lowest BCUT2D eigenvalue weighted by Gasteiger charge is -2.15. The summed E-state index contributed by atoms with van der Waals surface area (Å²) in [5.74, 6) is -3.97. The number of anilines is 2. The van der Waals surface area contributed by atoms with E-state index in [1.165, 1.54) is 13.2 Å². The fourth-order valence-corrected chi connectivity index (χ4v) is 3.72. The second-order valence-corrected chi connectivity index (χ2v) is 8.00. The molecule has 1 aliphatic carbocycles. The molecule has 0 aliphatic heterocycles. The first-order valence-corrected chi connectivity index (χ1v) is 9.67. The second-order valence-electron chi connectivity index (χ2n) is 6.97. The van der Waals surface area contributed by atoms with E-state index in [4.69, 9.17) is 4.74 Å². The van der Waals surface area contributed by atoms with Crippen molar-refractivity contribution < 1.29 is 27.9 Å². The third kappa shape index (κ3) is 3.98. The van der Waals surface area contributed by atoms with E-state index in [1.54, 1.807) is 0 Å². The van der Waals surface area contributed by atoms with Gasteiger partial charge in [0, 0.05) is 4.88 Å². The Balaban J connectivity index is 1.78. The summed E-state index contributed by atoms with van der Waals surface area (Å²) >= 11 is 1.11. The Hall–Kier alpha value is -2.88. The third-order valence-electron chi connectivity index (χ3n) is 4.60. The number of carbonyl (C=O) groups excluding carboxylic acids is 3. The van der Waals surface area contributed by atoms with E-state index in [9.17, 15) is 23.2 Å². The lowest BCUT2D eigenvalue weighted by atomic mass is 10.1. The number of para-hydroxylation sites is 1. The number of carbonyl (C=O) groups is 3. The van der Waals surface area contributed by atoms with Crippen LogP contribution >= 0.6 is 11.3 Å². The summed E-state index contributed by atoms with van der Waals surface area (Å²) in [6.45, 7) is 3.73. The molecule has 10 heteroatoms. The van der Waals surface area contributed by atoms with Crippen molar-refractivity contribution in [3.63, 3.8) is 0 Å². The molecule has 1 fully saturated rings. The molecule has 0 radical (unpaired) electrons. The fraction of sp³-hybridized carbons (Fsp3) is 0.368. The van der Waals surface area contributed by atoms with Crippen LogP contribution in [-0.4, -0.2) is 29.9 Å². The maximum absolute atomic E-state index is 13.8. The molecule has 154 valence electrons. The Morgan fingerprint density at radius 2 is 1.72 bits per heavy atom. The van der Waals surface area contributed by atoms with Crippen LogP contribution in [0.15, 0.2) is 18.2 Å². The molecule has 1 aliphatic rings. The quantitative estimate of drug-likeness (QED) is 0.546. The normalized spacial score (nSPS) is 14.4. The van der Waals surface area contributed by atoms with Crippen molar-refractivity contribution in [2.75, 3.05) is 17.7 Å². The van der Waals surface area contributed by atoms with Crippen LogP contribution in [0.25, 0.3) is 0 Å². The van der Waals surface area contributed by atoms with Gasteiger partial charge >= 0.3 is 5.97 Å². The number of rotatable bonds is 6. The molecule has 29 heavy (non-hydrogen) atoms. The van der Waals surface area contributed by atoms with Crippen molar-refractivity contribution in [1.29, 1.82) is 0 Å². The number of methoxy groups -OCH3 is 1. The lowest BCUT2D eigenvalue weighted by Crippen LogP contribution is -2.36. The minimum Gasteiger partial charge on any atom is -0.464 e. The van der Waals surface area contributed by atoms with Gasteiger partial charge in [-0.2, -0.15) is 0 Å². The number of thiazole rings is 1. The zero-order chi connectivity index (χ0) is 21.3.